The Labute approximate surface area is 157 Å². The highest BCUT2D eigenvalue weighted by Crippen LogP contribution is 2.41. The summed E-state index contributed by atoms with van der Waals surface area (Å²) in [6, 6.07) is 14.6. The third-order valence-electron chi connectivity index (χ3n) is 4.18. The molecule has 6 nitrogen and oxygen atoms in total. The number of ether oxygens (including phenoxy) is 4. The molecular weight excluding hydrogens is 346 g/mol. The van der Waals surface area contributed by atoms with Crippen molar-refractivity contribution in [2.45, 2.75) is 0 Å². The minimum absolute atomic E-state index is 0.0648. The number of rotatable bonds is 6. The van der Waals surface area contributed by atoms with Crippen LogP contribution >= 0.6 is 0 Å². The fraction of sp³-hybridized carbons (Fsp3) is 0.190. The Kier molecular flexibility index (Phi) is 5.35. The summed E-state index contributed by atoms with van der Waals surface area (Å²) in [5, 5.41) is 10.0. The minimum Gasteiger partial charge on any atom is -0.504 e. The van der Waals surface area contributed by atoms with Crippen molar-refractivity contribution >= 4 is 0 Å². The summed E-state index contributed by atoms with van der Waals surface area (Å²) in [5.41, 5.74) is 3.06. The smallest absolute Gasteiger partial charge is 0.203 e. The van der Waals surface area contributed by atoms with Crippen LogP contribution in [0.1, 0.15) is 0 Å². The molecule has 140 valence electrons. The molecule has 0 aliphatic heterocycles. The predicted molar refractivity (Wildman–Crippen MR) is 103 cm³/mol. The lowest BCUT2D eigenvalue weighted by atomic mass is 10.1. The van der Waals surface area contributed by atoms with Gasteiger partial charge in [-0.15, -0.1) is 0 Å². The zero-order valence-electron chi connectivity index (χ0n) is 15.6. The molecule has 0 saturated carbocycles. The van der Waals surface area contributed by atoms with Crippen LogP contribution in [0, 0.1) is 0 Å². The molecule has 0 atom stereocenters. The van der Waals surface area contributed by atoms with Gasteiger partial charge in [-0.2, -0.15) is 0 Å². The molecule has 0 aliphatic rings. The first kappa shape index (κ1) is 18.4. The molecule has 0 aliphatic carbocycles. The van der Waals surface area contributed by atoms with Crippen molar-refractivity contribution in [3.63, 3.8) is 0 Å². The van der Waals surface area contributed by atoms with E-state index < -0.39 is 0 Å². The molecule has 27 heavy (non-hydrogen) atoms. The summed E-state index contributed by atoms with van der Waals surface area (Å²) in [6.07, 6.45) is 0. The Morgan fingerprint density at radius 1 is 0.667 bits per heavy atom. The number of phenols is 1. The van der Waals surface area contributed by atoms with Gasteiger partial charge >= 0.3 is 0 Å². The van der Waals surface area contributed by atoms with Crippen LogP contribution in [0.4, 0.5) is 0 Å². The van der Waals surface area contributed by atoms with Gasteiger partial charge in [0.15, 0.2) is 23.0 Å². The molecule has 0 unspecified atom stereocenters. The first-order valence-electron chi connectivity index (χ1n) is 8.26. The minimum atomic E-state index is 0.0648. The van der Waals surface area contributed by atoms with E-state index in [0.717, 1.165) is 22.5 Å². The number of benzene rings is 2. The third-order valence-corrected chi connectivity index (χ3v) is 4.18. The molecule has 1 heterocycles. The molecule has 1 aromatic heterocycles. The largest absolute Gasteiger partial charge is 0.504 e. The standard InChI is InChI=1S/C21H21NO5/c1-24-18-9-8-13(10-17(18)23)15-6-5-7-16(22-15)14-11-19(25-2)21(27-4)20(12-14)26-3/h5-12,23H,1-4H3. The number of phenolic OH excluding ortho intramolecular Hbond substituents is 1. The predicted octanol–water partition coefficient (Wildman–Crippen LogP) is 4.16. The van der Waals surface area contributed by atoms with Crippen LogP contribution in [-0.4, -0.2) is 38.5 Å². The zero-order chi connectivity index (χ0) is 19.4. The van der Waals surface area contributed by atoms with Gasteiger partial charge in [0.25, 0.3) is 0 Å². The molecule has 2 aromatic carbocycles. The summed E-state index contributed by atoms with van der Waals surface area (Å²) in [7, 11) is 6.23. The molecule has 0 fully saturated rings. The van der Waals surface area contributed by atoms with Crippen LogP contribution in [0.25, 0.3) is 22.5 Å². The van der Waals surface area contributed by atoms with Crippen LogP contribution < -0.4 is 18.9 Å². The van der Waals surface area contributed by atoms with Crippen molar-refractivity contribution in [1.82, 2.24) is 4.98 Å². The van der Waals surface area contributed by atoms with Gasteiger partial charge in [-0.05, 0) is 42.5 Å². The molecule has 0 radical (unpaired) electrons. The van der Waals surface area contributed by atoms with Crippen LogP contribution in [0.15, 0.2) is 48.5 Å². The fourth-order valence-corrected chi connectivity index (χ4v) is 2.83. The van der Waals surface area contributed by atoms with Crippen LogP contribution in [-0.2, 0) is 0 Å². The van der Waals surface area contributed by atoms with Crippen molar-refractivity contribution in [3.8, 4) is 51.3 Å². The molecule has 0 saturated heterocycles. The van der Waals surface area contributed by atoms with Gasteiger partial charge in [0.2, 0.25) is 5.75 Å². The van der Waals surface area contributed by atoms with Gasteiger partial charge in [0.1, 0.15) is 0 Å². The molecule has 0 bridgehead atoms. The highest BCUT2D eigenvalue weighted by Gasteiger charge is 2.15. The number of aromatic hydroxyl groups is 1. The fourth-order valence-electron chi connectivity index (χ4n) is 2.83. The maximum atomic E-state index is 10.0. The molecular formula is C21H21NO5. The Hall–Kier alpha value is -3.41. The molecule has 0 amide bonds. The second kappa shape index (κ2) is 7.86. The van der Waals surface area contributed by atoms with Crippen LogP contribution in [0.3, 0.4) is 0 Å². The Morgan fingerprint density at radius 3 is 1.78 bits per heavy atom. The summed E-state index contributed by atoms with van der Waals surface area (Å²) in [4.78, 5) is 4.71. The van der Waals surface area contributed by atoms with E-state index in [0.29, 0.717) is 23.0 Å². The molecule has 0 spiro atoms. The summed E-state index contributed by atoms with van der Waals surface area (Å²) in [5.74, 6) is 2.12. The van der Waals surface area contributed by atoms with Crippen LogP contribution in [0.5, 0.6) is 28.7 Å². The normalized spacial score (nSPS) is 10.4. The molecule has 3 rings (SSSR count). The second-order valence-corrected chi connectivity index (χ2v) is 5.71. The average Bonchev–Trinajstić information content (AvgIpc) is 2.72. The SMILES string of the molecule is COc1ccc(-c2cccc(-c3cc(OC)c(OC)c(OC)c3)n2)cc1O. The Morgan fingerprint density at radius 2 is 1.26 bits per heavy atom. The third kappa shape index (κ3) is 3.60. The first-order chi connectivity index (χ1) is 13.1. The number of methoxy groups -OCH3 is 4. The number of aromatic nitrogens is 1. The van der Waals surface area contributed by atoms with Crippen molar-refractivity contribution in [3.05, 3.63) is 48.5 Å². The van der Waals surface area contributed by atoms with Gasteiger partial charge < -0.3 is 24.1 Å². The summed E-state index contributed by atoms with van der Waals surface area (Å²) >= 11 is 0. The van der Waals surface area contributed by atoms with E-state index in [1.54, 1.807) is 33.5 Å². The number of nitrogens with zero attached hydrogens (tertiary/aromatic N) is 1. The van der Waals surface area contributed by atoms with Crippen molar-refractivity contribution in [2.24, 2.45) is 0 Å². The van der Waals surface area contributed by atoms with E-state index in [1.807, 2.05) is 36.4 Å². The second-order valence-electron chi connectivity index (χ2n) is 5.71. The molecule has 6 heteroatoms. The molecule has 1 N–H and O–H groups in total. The average molecular weight is 367 g/mol. The highest BCUT2D eigenvalue weighted by atomic mass is 16.5. The lowest BCUT2D eigenvalue weighted by molar-refractivity contribution is 0.324. The quantitative estimate of drug-likeness (QED) is 0.706. The maximum Gasteiger partial charge on any atom is 0.203 e. The number of pyridine rings is 1. The van der Waals surface area contributed by atoms with Gasteiger partial charge in [-0.3, -0.25) is 0 Å². The van der Waals surface area contributed by atoms with E-state index in [1.165, 1.54) is 7.11 Å². The Balaban J connectivity index is 2.07. The van der Waals surface area contributed by atoms with E-state index in [-0.39, 0.29) is 5.75 Å². The highest BCUT2D eigenvalue weighted by molar-refractivity contribution is 5.72. The van der Waals surface area contributed by atoms with Gasteiger partial charge in [-0.1, -0.05) is 6.07 Å². The zero-order valence-corrected chi connectivity index (χ0v) is 15.6. The lowest BCUT2D eigenvalue weighted by Crippen LogP contribution is -1.96. The number of hydrogen-bond donors (Lipinski definition) is 1. The topological polar surface area (TPSA) is 70.0 Å². The van der Waals surface area contributed by atoms with E-state index >= 15 is 0 Å². The molecule has 3 aromatic rings. The van der Waals surface area contributed by atoms with E-state index in [4.69, 9.17) is 23.9 Å². The van der Waals surface area contributed by atoms with Crippen molar-refractivity contribution in [1.29, 1.82) is 0 Å². The van der Waals surface area contributed by atoms with E-state index in [9.17, 15) is 5.11 Å². The first-order valence-corrected chi connectivity index (χ1v) is 8.26. The van der Waals surface area contributed by atoms with Crippen molar-refractivity contribution < 1.29 is 24.1 Å². The monoisotopic (exact) mass is 367 g/mol. The lowest BCUT2D eigenvalue weighted by Gasteiger charge is -2.14. The maximum absolute atomic E-state index is 10.0. The van der Waals surface area contributed by atoms with Gasteiger partial charge in [0.05, 0.1) is 39.8 Å². The van der Waals surface area contributed by atoms with Crippen LogP contribution in [0.2, 0.25) is 0 Å². The van der Waals surface area contributed by atoms with Crippen molar-refractivity contribution in [2.75, 3.05) is 28.4 Å². The van der Waals surface area contributed by atoms with E-state index in [2.05, 4.69) is 0 Å². The summed E-state index contributed by atoms with van der Waals surface area (Å²) in [6.45, 7) is 0. The Bertz CT molecular complexity index is 930. The number of hydrogen-bond acceptors (Lipinski definition) is 6. The van der Waals surface area contributed by atoms with Gasteiger partial charge in [0, 0.05) is 11.1 Å². The van der Waals surface area contributed by atoms with Gasteiger partial charge in [-0.25, -0.2) is 4.98 Å². The summed E-state index contributed by atoms with van der Waals surface area (Å²) < 4.78 is 21.3.